The predicted octanol–water partition coefficient (Wildman–Crippen LogP) is 2.70. The van der Waals surface area contributed by atoms with Gasteiger partial charge in [-0.15, -0.1) is 0 Å². The quantitative estimate of drug-likeness (QED) is 0.626. The molecular formula is C11H17N3. The van der Waals surface area contributed by atoms with Crippen molar-refractivity contribution in [3.63, 3.8) is 0 Å². The van der Waals surface area contributed by atoms with E-state index in [1.54, 1.807) is 4.68 Å². The van der Waals surface area contributed by atoms with Crippen LogP contribution in [0.3, 0.4) is 0 Å². The molecule has 0 N–H and O–H groups in total. The van der Waals surface area contributed by atoms with E-state index in [-0.39, 0.29) is 11.5 Å². The second kappa shape index (κ2) is 3.45. The summed E-state index contributed by atoms with van der Waals surface area (Å²) in [5.41, 5.74) is 2.09. The lowest BCUT2D eigenvalue weighted by Crippen LogP contribution is -2.15. The molecule has 3 heteroatoms. The Morgan fingerprint density at radius 2 is 2.07 bits per heavy atom. The minimum atomic E-state index is -0.0991. The molecule has 1 rings (SSSR count). The van der Waals surface area contributed by atoms with Crippen molar-refractivity contribution in [2.24, 2.45) is 7.05 Å². The van der Waals surface area contributed by atoms with E-state index in [1.165, 1.54) is 0 Å². The Bertz CT molecular complexity index is 363. The van der Waals surface area contributed by atoms with Crippen LogP contribution in [0.2, 0.25) is 0 Å². The highest BCUT2D eigenvalue weighted by Gasteiger charge is 2.26. The Hall–Kier alpha value is -1.30. The van der Waals surface area contributed by atoms with Gasteiger partial charge in [-0.3, -0.25) is 4.68 Å². The fraction of sp³-hybridized carbons (Fsp3) is 0.636. The molecule has 0 aliphatic rings. The first-order valence-electron chi connectivity index (χ1n) is 4.77. The molecule has 0 saturated heterocycles. The zero-order chi connectivity index (χ0) is 10.9. The third-order valence-electron chi connectivity index (χ3n) is 2.21. The van der Waals surface area contributed by atoms with Gasteiger partial charge in [-0.05, 0) is 0 Å². The van der Waals surface area contributed by atoms with Gasteiger partial charge in [-0.2, -0.15) is 5.10 Å². The Morgan fingerprint density at radius 3 is 2.50 bits per heavy atom. The maximum absolute atomic E-state index is 7.04. The van der Waals surface area contributed by atoms with Crippen LogP contribution in [0.5, 0.6) is 0 Å². The van der Waals surface area contributed by atoms with Gasteiger partial charge in [-0.1, -0.05) is 20.8 Å². The molecule has 0 saturated carbocycles. The number of nitrogens with zero attached hydrogens (tertiary/aromatic N) is 3. The largest absolute Gasteiger partial charge is 0.309 e. The van der Waals surface area contributed by atoms with E-state index in [0.717, 1.165) is 11.3 Å². The van der Waals surface area contributed by atoms with Crippen molar-refractivity contribution in [1.29, 1.82) is 0 Å². The van der Waals surface area contributed by atoms with Gasteiger partial charge in [0.15, 0.2) is 0 Å². The van der Waals surface area contributed by atoms with E-state index in [0.29, 0.717) is 0 Å². The number of hydrogen-bond donors (Lipinski definition) is 0. The Morgan fingerprint density at radius 1 is 1.50 bits per heavy atom. The molecule has 14 heavy (non-hydrogen) atoms. The highest BCUT2D eigenvalue weighted by Crippen LogP contribution is 2.29. The lowest BCUT2D eigenvalue weighted by atomic mass is 9.88. The van der Waals surface area contributed by atoms with Crippen LogP contribution in [0.15, 0.2) is 6.20 Å². The molecule has 1 unspecified atom stereocenters. The summed E-state index contributed by atoms with van der Waals surface area (Å²) in [5.74, 6) is 0. The number of rotatable bonds is 1. The van der Waals surface area contributed by atoms with E-state index >= 15 is 0 Å². The monoisotopic (exact) mass is 191 g/mol. The van der Waals surface area contributed by atoms with Crippen LogP contribution in [-0.2, 0) is 12.5 Å². The minimum Gasteiger partial charge on any atom is -0.309 e. The molecule has 1 heterocycles. The molecule has 0 radical (unpaired) electrons. The van der Waals surface area contributed by atoms with Crippen LogP contribution in [0.25, 0.3) is 4.85 Å². The molecule has 0 aromatic carbocycles. The lowest BCUT2D eigenvalue weighted by molar-refractivity contribution is 0.546. The fourth-order valence-electron chi connectivity index (χ4n) is 1.47. The van der Waals surface area contributed by atoms with Crippen molar-refractivity contribution >= 4 is 0 Å². The molecule has 1 atom stereocenters. The smallest absolute Gasteiger partial charge is 0.249 e. The molecule has 0 aliphatic heterocycles. The normalized spacial score (nSPS) is 13.7. The minimum absolute atomic E-state index is 0.00947. The van der Waals surface area contributed by atoms with Gasteiger partial charge in [-0.25, -0.2) is 6.57 Å². The lowest BCUT2D eigenvalue weighted by Gasteiger charge is -2.16. The topological polar surface area (TPSA) is 22.2 Å². The third kappa shape index (κ3) is 1.95. The van der Waals surface area contributed by atoms with Gasteiger partial charge >= 0.3 is 0 Å². The van der Waals surface area contributed by atoms with Crippen LogP contribution < -0.4 is 0 Å². The number of hydrogen-bond acceptors (Lipinski definition) is 1. The van der Waals surface area contributed by atoms with Gasteiger partial charge in [0, 0.05) is 25.6 Å². The van der Waals surface area contributed by atoms with Crippen LogP contribution >= 0.6 is 0 Å². The molecule has 76 valence electrons. The molecule has 0 fully saturated rings. The second-order valence-corrected chi connectivity index (χ2v) is 4.66. The van der Waals surface area contributed by atoms with E-state index in [1.807, 2.05) is 20.2 Å². The zero-order valence-corrected chi connectivity index (χ0v) is 9.50. The predicted molar refractivity (Wildman–Crippen MR) is 56.9 cm³/mol. The van der Waals surface area contributed by atoms with Crippen molar-refractivity contribution in [1.82, 2.24) is 9.78 Å². The summed E-state index contributed by atoms with van der Waals surface area (Å²) in [4.78, 5) is 3.54. The summed E-state index contributed by atoms with van der Waals surface area (Å²) in [5, 5.41) is 4.42. The summed E-state index contributed by atoms with van der Waals surface area (Å²) in [6, 6.07) is -0.0991. The first-order chi connectivity index (χ1) is 6.36. The highest BCUT2D eigenvalue weighted by atomic mass is 15.3. The van der Waals surface area contributed by atoms with Crippen molar-refractivity contribution < 1.29 is 0 Å². The summed E-state index contributed by atoms with van der Waals surface area (Å²) < 4.78 is 1.79. The molecule has 0 bridgehead atoms. The van der Waals surface area contributed by atoms with Crippen molar-refractivity contribution in [3.05, 3.63) is 28.9 Å². The SMILES string of the molecule is [C-]#[N+]C(C)c1cn(C)nc1C(C)(C)C. The van der Waals surface area contributed by atoms with E-state index in [2.05, 4.69) is 30.7 Å². The molecule has 1 aromatic rings. The van der Waals surface area contributed by atoms with Gasteiger partial charge < -0.3 is 4.85 Å². The van der Waals surface area contributed by atoms with Crippen LogP contribution in [-0.4, -0.2) is 9.78 Å². The second-order valence-electron chi connectivity index (χ2n) is 4.66. The Labute approximate surface area is 85.6 Å². The van der Waals surface area contributed by atoms with Gasteiger partial charge in [0.25, 0.3) is 0 Å². The van der Waals surface area contributed by atoms with Crippen LogP contribution in [0, 0.1) is 6.57 Å². The van der Waals surface area contributed by atoms with Crippen LogP contribution in [0.1, 0.15) is 45.0 Å². The first-order valence-corrected chi connectivity index (χ1v) is 4.77. The molecule has 0 amide bonds. The van der Waals surface area contributed by atoms with E-state index < -0.39 is 0 Å². The fourth-order valence-corrected chi connectivity index (χ4v) is 1.47. The first kappa shape index (κ1) is 10.8. The number of aromatic nitrogens is 2. The Kier molecular flexibility index (Phi) is 2.66. The van der Waals surface area contributed by atoms with E-state index in [4.69, 9.17) is 6.57 Å². The average Bonchev–Trinajstić information content (AvgIpc) is 2.45. The van der Waals surface area contributed by atoms with Gasteiger partial charge in [0.1, 0.15) is 0 Å². The molecule has 0 aliphatic carbocycles. The van der Waals surface area contributed by atoms with Crippen molar-refractivity contribution in [2.75, 3.05) is 0 Å². The number of aryl methyl sites for hydroxylation is 1. The third-order valence-corrected chi connectivity index (χ3v) is 2.21. The summed E-state index contributed by atoms with van der Waals surface area (Å²) in [7, 11) is 1.90. The summed E-state index contributed by atoms with van der Waals surface area (Å²) >= 11 is 0. The van der Waals surface area contributed by atoms with Crippen molar-refractivity contribution in [2.45, 2.75) is 39.2 Å². The van der Waals surface area contributed by atoms with Gasteiger partial charge in [0.05, 0.1) is 11.3 Å². The Balaban J connectivity index is 3.24. The standard InChI is InChI=1S/C11H17N3/c1-8(12-5)9-7-14(6)13-10(9)11(2,3)4/h7-8H,1-4,6H3. The summed E-state index contributed by atoms with van der Waals surface area (Å²) in [6.07, 6.45) is 1.95. The van der Waals surface area contributed by atoms with Crippen molar-refractivity contribution in [3.8, 4) is 0 Å². The molecule has 1 aromatic heterocycles. The maximum Gasteiger partial charge on any atom is 0.249 e. The van der Waals surface area contributed by atoms with Crippen LogP contribution in [0.4, 0.5) is 0 Å². The van der Waals surface area contributed by atoms with Gasteiger partial charge in [0.2, 0.25) is 6.04 Å². The molecular weight excluding hydrogens is 174 g/mol. The molecule has 0 spiro atoms. The zero-order valence-electron chi connectivity index (χ0n) is 9.50. The summed E-state index contributed by atoms with van der Waals surface area (Å²) in [6.45, 7) is 15.3. The average molecular weight is 191 g/mol. The molecule has 3 nitrogen and oxygen atoms in total. The maximum atomic E-state index is 7.04. The highest BCUT2D eigenvalue weighted by molar-refractivity contribution is 5.28. The van der Waals surface area contributed by atoms with E-state index in [9.17, 15) is 0 Å².